The maximum absolute atomic E-state index is 12.3. The van der Waals surface area contributed by atoms with Gasteiger partial charge in [0, 0.05) is 18.8 Å². The first kappa shape index (κ1) is 18.3. The Labute approximate surface area is 144 Å². The number of nitrogens with two attached hydrogens (primary N) is 1. The summed E-state index contributed by atoms with van der Waals surface area (Å²) in [5.74, 6) is -0.362. The summed E-state index contributed by atoms with van der Waals surface area (Å²) in [6, 6.07) is 5.37. The Bertz CT molecular complexity index is 576. The molecule has 1 heterocycles. The van der Waals surface area contributed by atoms with E-state index in [1.807, 2.05) is 19.9 Å². The number of rotatable bonds is 4. The van der Waals surface area contributed by atoms with E-state index in [9.17, 15) is 9.59 Å². The molecule has 0 radical (unpaired) electrons. The van der Waals surface area contributed by atoms with Crippen LogP contribution >= 0.6 is 0 Å². The average molecular weight is 332 g/mol. The number of anilines is 1. The molecule has 2 rings (SSSR count). The summed E-state index contributed by atoms with van der Waals surface area (Å²) < 4.78 is 5.22. The molecular weight excluding hydrogens is 304 g/mol. The largest absolute Gasteiger partial charge is 0.452 e. The molecule has 0 unspecified atom stereocenters. The molecular formula is C19H28N2O3. The fourth-order valence-electron chi connectivity index (χ4n) is 2.90. The quantitative estimate of drug-likeness (QED) is 0.678. The summed E-state index contributed by atoms with van der Waals surface area (Å²) in [6.45, 7) is 5.38. The Balaban J connectivity index is 1.94. The van der Waals surface area contributed by atoms with Crippen LogP contribution in [-0.2, 0) is 9.53 Å². The van der Waals surface area contributed by atoms with Gasteiger partial charge in [0.05, 0.1) is 5.56 Å². The molecule has 1 aromatic rings. The summed E-state index contributed by atoms with van der Waals surface area (Å²) in [4.78, 5) is 26.4. The zero-order valence-electron chi connectivity index (χ0n) is 14.7. The normalized spacial score (nSPS) is 15.7. The topological polar surface area (TPSA) is 72.6 Å². The number of carbonyl (C=O) groups excluding carboxylic acids is 2. The molecule has 1 amide bonds. The summed E-state index contributed by atoms with van der Waals surface area (Å²) in [6.07, 6.45) is 5.58. The number of nitrogen functional groups attached to an aromatic ring is 1. The Morgan fingerprint density at radius 1 is 1.12 bits per heavy atom. The molecule has 5 heteroatoms. The second-order valence-corrected chi connectivity index (χ2v) is 6.73. The van der Waals surface area contributed by atoms with Crippen molar-refractivity contribution in [2.45, 2.75) is 51.9 Å². The van der Waals surface area contributed by atoms with Gasteiger partial charge in [0.25, 0.3) is 5.91 Å². The second-order valence-electron chi connectivity index (χ2n) is 6.73. The molecule has 5 nitrogen and oxygen atoms in total. The monoisotopic (exact) mass is 332 g/mol. The van der Waals surface area contributed by atoms with Crippen LogP contribution in [0.1, 0.15) is 67.8 Å². The van der Waals surface area contributed by atoms with Crippen molar-refractivity contribution in [2.75, 3.05) is 25.4 Å². The van der Waals surface area contributed by atoms with E-state index in [0.29, 0.717) is 17.2 Å². The van der Waals surface area contributed by atoms with E-state index < -0.39 is 5.97 Å². The molecule has 1 aromatic carbocycles. The number of benzene rings is 1. The van der Waals surface area contributed by atoms with Gasteiger partial charge >= 0.3 is 5.97 Å². The smallest absolute Gasteiger partial charge is 0.340 e. The molecule has 0 aromatic heterocycles. The first-order valence-corrected chi connectivity index (χ1v) is 8.83. The highest BCUT2D eigenvalue weighted by molar-refractivity contribution is 5.96. The highest BCUT2D eigenvalue weighted by Crippen LogP contribution is 2.21. The zero-order chi connectivity index (χ0) is 17.5. The van der Waals surface area contributed by atoms with Gasteiger partial charge < -0.3 is 15.4 Å². The van der Waals surface area contributed by atoms with Crippen molar-refractivity contribution in [1.82, 2.24) is 4.90 Å². The molecule has 24 heavy (non-hydrogen) atoms. The summed E-state index contributed by atoms with van der Waals surface area (Å²) >= 11 is 0. The highest BCUT2D eigenvalue weighted by Gasteiger charge is 2.19. The van der Waals surface area contributed by atoms with Crippen LogP contribution in [-0.4, -0.2) is 36.5 Å². The summed E-state index contributed by atoms with van der Waals surface area (Å²) in [5, 5.41) is 0. The van der Waals surface area contributed by atoms with E-state index >= 15 is 0 Å². The molecule has 0 atom stereocenters. The molecule has 0 saturated carbocycles. The number of amides is 1. The number of hydrogen-bond donors (Lipinski definition) is 1. The summed E-state index contributed by atoms with van der Waals surface area (Å²) in [7, 11) is 0. The number of hydrogen-bond acceptors (Lipinski definition) is 4. The molecule has 132 valence electrons. The van der Waals surface area contributed by atoms with Crippen molar-refractivity contribution in [3.63, 3.8) is 0 Å². The lowest BCUT2D eigenvalue weighted by Gasteiger charge is -2.24. The Morgan fingerprint density at radius 3 is 2.38 bits per heavy atom. The first-order valence-electron chi connectivity index (χ1n) is 8.83. The van der Waals surface area contributed by atoms with Gasteiger partial charge in [-0.15, -0.1) is 0 Å². The lowest BCUT2D eigenvalue weighted by atomic mass is 10.00. The minimum atomic E-state index is -0.532. The first-order chi connectivity index (χ1) is 11.5. The Hall–Kier alpha value is -2.04. The zero-order valence-corrected chi connectivity index (χ0v) is 14.7. The number of ether oxygens (including phenoxy) is 1. The summed E-state index contributed by atoms with van der Waals surface area (Å²) in [5.41, 5.74) is 7.61. The minimum Gasteiger partial charge on any atom is -0.452 e. The number of esters is 1. The molecule has 1 aliphatic heterocycles. The Morgan fingerprint density at radius 2 is 1.75 bits per heavy atom. The molecule has 1 saturated heterocycles. The molecule has 1 aliphatic rings. The van der Waals surface area contributed by atoms with Crippen molar-refractivity contribution < 1.29 is 14.3 Å². The van der Waals surface area contributed by atoms with Crippen LogP contribution in [0.3, 0.4) is 0 Å². The van der Waals surface area contributed by atoms with Crippen molar-refractivity contribution in [1.29, 1.82) is 0 Å². The van der Waals surface area contributed by atoms with Gasteiger partial charge in [0.15, 0.2) is 6.61 Å². The van der Waals surface area contributed by atoms with E-state index in [4.69, 9.17) is 10.5 Å². The van der Waals surface area contributed by atoms with E-state index in [0.717, 1.165) is 44.3 Å². The van der Waals surface area contributed by atoms with Crippen molar-refractivity contribution in [3.8, 4) is 0 Å². The third-order valence-electron chi connectivity index (χ3n) is 4.50. The van der Waals surface area contributed by atoms with Gasteiger partial charge in [-0.3, -0.25) is 4.79 Å². The number of likely N-dealkylation sites (tertiary alicyclic amines) is 1. The Kier molecular flexibility index (Phi) is 6.64. The predicted octanol–water partition coefficient (Wildman–Crippen LogP) is 3.34. The van der Waals surface area contributed by atoms with Gasteiger partial charge in [-0.2, -0.15) is 0 Å². The van der Waals surface area contributed by atoms with Gasteiger partial charge in [-0.05, 0) is 36.5 Å². The lowest BCUT2D eigenvalue weighted by Crippen LogP contribution is -2.37. The predicted molar refractivity (Wildman–Crippen MR) is 94.9 cm³/mol. The standard InChI is InChI=1S/C19H28N2O3/c1-14(2)15-8-9-17(20)16(12-15)19(23)24-13-18(22)21-10-6-4-3-5-7-11-21/h8-9,12,14H,3-7,10-11,13,20H2,1-2H3. The maximum Gasteiger partial charge on any atom is 0.340 e. The average Bonchev–Trinajstić information content (AvgIpc) is 2.52. The maximum atomic E-state index is 12.3. The lowest BCUT2D eigenvalue weighted by molar-refractivity contribution is -0.134. The van der Waals surface area contributed by atoms with E-state index in [2.05, 4.69) is 0 Å². The second kappa shape index (κ2) is 8.71. The molecule has 0 spiro atoms. The molecule has 1 fully saturated rings. The molecule has 0 bridgehead atoms. The van der Waals surface area contributed by atoms with Crippen molar-refractivity contribution in [3.05, 3.63) is 29.3 Å². The van der Waals surface area contributed by atoms with E-state index in [1.54, 1.807) is 17.0 Å². The van der Waals surface area contributed by atoms with Crippen LogP contribution in [0.25, 0.3) is 0 Å². The minimum absolute atomic E-state index is 0.121. The molecule has 0 aliphatic carbocycles. The third-order valence-corrected chi connectivity index (χ3v) is 4.50. The van der Waals surface area contributed by atoms with Crippen molar-refractivity contribution >= 4 is 17.6 Å². The van der Waals surface area contributed by atoms with Gasteiger partial charge in [0.1, 0.15) is 0 Å². The van der Waals surface area contributed by atoms with Gasteiger partial charge in [-0.25, -0.2) is 4.79 Å². The van der Waals surface area contributed by atoms with Crippen LogP contribution < -0.4 is 5.73 Å². The molecule has 2 N–H and O–H groups in total. The van der Waals surface area contributed by atoms with Gasteiger partial charge in [0.2, 0.25) is 0 Å². The van der Waals surface area contributed by atoms with Crippen LogP contribution in [0.15, 0.2) is 18.2 Å². The number of carbonyl (C=O) groups is 2. The van der Waals surface area contributed by atoms with Crippen LogP contribution in [0.2, 0.25) is 0 Å². The third kappa shape index (κ3) is 4.98. The van der Waals surface area contributed by atoms with Crippen LogP contribution in [0.5, 0.6) is 0 Å². The highest BCUT2D eigenvalue weighted by atomic mass is 16.5. The van der Waals surface area contributed by atoms with Crippen LogP contribution in [0, 0.1) is 0 Å². The number of nitrogens with zero attached hydrogens (tertiary/aromatic N) is 1. The fraction of sp³-hybridized carbons (Fsp3) is 0.579. The van der Waals surface area contributed by atoms with E-state index in [1.165, 1.54) is 6.42 Å². The fourth-order valence-corrected chi connectivity index (χ4v) is 2.90. The van der Waals surface area contributed by atoms with Crippen LogP contribution in [0.4, 0.5) is 5.69 Å². The SMILES string of the molecule is CC(C)c1ccc(N)c(C(=O)OCC(=O)N2CCCCCCC2)c1. The van der Waals surface area contributed by atoms with E-state index in [-0.39, 0.29) is 12.5 Å². The van der Waals surface area contributed by atoms with Crippen molar-refractivity contribution in [2.24, 2.45) is 0 Å². The van der Waals surface area contributed by atoms with Gasteiger partial charge in [-0.1, -0.05) is 39.2 Å².